The van der Waals surface area contributed by atoms with Crippen LogP contribution in [-0.2, 0) is 0 Å². The first-order valence-corrected chi connectivity index (χ1v) is 6.94. The monoisotopic (exact) mass is 277 g/mol. The molecule has 0 aliphatic heterocycles. The molecule has 0 unspecified atom stereocenters. The van der Waals surface area contributed by atoms with Crippen LogP contribution < -0.4 is 0 Å². The highest BCUT2D eigenvalue weighted by molar-refractivity contribution is 6.04. The number of carboxylic acid groups (broad SMARTS) is 1. The summed E-state index contributed by atoms with van der Waals surface area (Å²) in [5.41, 5.74) is 0.330. The zero-order chi connectivity index (χ0) is 15.3. The van der Waals surface area contributed by atoms with Crippen LogP contribution >= 0.6 is 0 Å². The molecule has 0 spiro atoms. The smallest absolute Gasteiger partial charge is 0.336 e. The molecule has 110 valence electrons. The predicted octanol–water partition coefficient (Wildman–Crippen LogP) is 3.14. The van der Waals surface area contributed by atoms with Crippen LogP contribution in [0.3, 0.4) is 0 Å². The van der Waals surface area contributed by atoms with Gasteiger partial charge in [-0.15, -0.1) is 0 Å². The Balaban J connectivity index is 3.08. The van der Waals surface area contributed by atoms with Crippen LogP contribution in [0.4, 0.5) is 0 Å². The predicted molar refractivity (Wildman–Crippen MR) is 79.0 cm³/mol. The lowest BCUT2D eigenvalue weighted by Crippen LogP contribution is -2.37. The van der Waals surface area contributed by atoms with E-state index in [1.807, 2.05) is 27.7 Å². The molecule has 0 saturated heterocycles. The molecule has 20 heavy (non-hydrogen) atoms. The number of nitrogens with zero attached hydrogens (tertiary/aromatic N) is 1. The third-order valence-electron chi connectivity index (χ3n) is 2.85. The first-order chi connectivity index (χ1) is 9.32. The summed E-state index contributed by atoms with van der Waals surface area (Å²) >= 11 is 0. The number of hydrogen-bond donors (Lipinski definition) is 1. The maximum Gasteiger partial charge on any atom is 0.336 e. The summed E-state index contributed by atoms with van der Waals surface area (Å²) in [6, 6.07) is 6.38. The van der Waals surface area contributed by atoms with Crippen molar-refractivity contribution in [2.75, 3.05) is 13.1 Å². The fourth-order valence-electron chi connectivity index (χ4n) is 2.15. The minimum atomic E-state index is -1.07. The Kier molecular flexibility index (Phi) is 5.74. The van der Waals surface area contributed by atoms with E-state index in [0.717, 1.165) is 0 Å². The Labute approximate surface area is 120 Å². The quantitative estimate of drug-likeness (QED) is 0.869. The number of hydrogen-bond acceptors (Lipinski definition) is 2. The maximum absolute atomic E-state index is 12.6. The van der Waals surface area contributed by atoms with Gasteiger partial charge in [-0.05, 0) is 24.0 Å². The minimum Gasteiger partial charge on any atom is -0.478 e. The van der Waals surface area contributed by atoms with Gasteiger partial charge >= 0.3 is 5.97 Å². The van der Waals surface area contributed by atoms with Gasteiger partial charge in [-0.1, -0.05) is 39.8 Å². The van der Waals surface area contributed by atoms with E-state index in [4.69, 9.17) is 0 Å². The van der Waals surface area contributed by atoms with Gasteiger partial charge in [0.2, 0.25) is 0 Å². The molecule has 0 atom stereocenters. The Morgan fingerprint density at radius 3 is 1.85 bits per heavy atom. The number of amides is 1. The second-order valence-corrected chi connectivity index (χ2v) is 5.85. The number of carbonyl (C=O) groups excluding carboxylic acids is 1. The average Bonchev–Trinajstić information content (AvgIpc) is 2.36. The van der Waals surface area contributed by atoms with Crippen LogP contribution in [0.25, 0.3) is 0 Å². The lowest BCUT2D eigenvalue weighted by atomic mass is 10.0. The zero-order valence-electron chi connectivity index (χ0n) is 12.6. The van der Waals surface area contributed by atoms with Crippen molar-refractivity contribution in [2.24, 2.45) is 11.8 Å². The topological polar surface area (TPSA) is 57.6 Å². The number of carbonyl (C=O) groups is 2. The van der Waals surface area contributed by atoms with Crippen LogP contribution in [0.15, 0.2) is 24.3 Å². The van der Waals surface area contributed by atoms with Gasteiger partial charge in [0.05, 0.1) is 11.1 Å². The van der Waals surface area contributed by atoms with Crippen molar-refractivity contribution in [2.45, 2.75) is 27.7 Å². The summed E-state index contributed by atoms with van der Waals surface area (Å²) < 4.78 is 0. The van der Waals surface area contributed by atoms with Gasteiger partial charge in [0, 0.05) is 13.1 Å². The molecule has 0 saturated carbocycles. The van der Waals surface area contributed by atoms with Gasteiger partial charge in [-0.2, -0.15) is 0 Å². The second kappa shape index (κ2) is 7.08. The summed E-state index contributed by atoms with van der Waals surface area (Å²) in [6.07, 6.45) is 0. The first kappa shape index (κ1) is 16.2. The Morgan fingerprint density at radius 1 is 1.00 bits per heavy atom. The van der Waals surface area contributed by atoms with Crippen LogP contribution in [0.5, 0.6) is 0 Å². The number of aromatic carboxylic acids is 1. The van der Waals surface area contributed by atoms with E-state index in [2.05, 4.69) is 0 Å². The van der Waals surface area contributed by atoms with Gasteiger partial charge in [0.1, 0.15) is 0 Å². The third-order valence-corrected chi connectivity index (χ3v) is 2.85. The van der Waals surface area contributed by atoms with Crippen molar-refractivity contribution >= 4 is 11.9 Å². The van der Waals surface area contributed by atoms with Crippen LogP contribution in [0.2, 0.25) is 0 Å². The Morgan fingerprint density at radius 2 is 1.45 bits per heavy atom. The van der Waals surface area contributed by atoms with Crippen molar-refractivity contribution < 1.29 is 14.7 Å². The van der Waals surface area contributed by atoms with E-state index < -0.39 is 5.97 Å². The van der Waals surface area contributed by atoms with Gasteiger partial charge in [-0.25, -0.2) is 4.79 Å². The molecule has 0 aromatic heterocycles. The van der Waals surface area contributed by atoms with Crippen molar-refractivity contribution in [3.63, 3.8) is 0 Å². The summed E-state index contributed by atoms with van der Waals surface area (Å²) in [5.74, 6) is -0.585. The molecule has 1 amide bonds. The molecule has 4 heteroatoms. The fourth-order valence-corrected chi connectivity index (χ4v) is 2.15. The summed E-state index contributed by atoms with van der Waals surface area (Å²) in [6.45, 7) is 9.44. The van der Waals surface area contributed by atoms with Crippen LogP contribution in [0, 0.1) is 11.8 Å². The summed E-state index contributed by atoms with van der Waals surface area (Å²) in [7, 11) is 0. The fraction of sp³-hybridized carbons (Fsp3) is 0.500. The number of rotatable bonds is 6. The van der Waals surface area contributed by atoms with E-state index in [1.54, 1.807) is 23.1 Å². The third kappa shape index (κ3) is 4.37. The van der Waals surface area contributed by atoms with Gasteiger partial charge in [0.25, 0.3) is 5.91 Å². The molecule has 0 fully saturated rings. The number of carboxylic acids is 1. The highest BCUT2D eigenvalue weighted by Crippen LogP contribution is 2.14. The Bertz CT molecular complexity index is 470. The lowest BCUT2D eigenvalue weighted by Gasteiger charge is -2.27. The molecule has 1 aromatic rings. The molecule has 0 heterocycles. The molecule has 0 aliphatic carbocycles. The minimum absolute atomic E-state index is 0.0648. The Hall–Kier alpha value is -1.84. The van der Waals surface area contributed by atoms with E-state index >= 15 is 0 Å². The van der Waals surface area contributed by atoms with E-state index in [0.29, 0.717) is 24.9 Å². The summed E-state index contributed by atoms with van der Waals surface area (Å²) in [5, 5.41) is 9.19. The van der Waals surface area contributed by atoms with Gasteiger partial charge in [-0.3, -0.25) is 4.79 Å². The van der Waals surface area contributed by atoms with Crippen molar-refractivity contribution in [3.8, 4) is 0 Å². The van der Waals surface area contributed by atoms with Crippen molar-refractivity contribution in [1.29, 1.82) is 0 Å². The maximum atomic E-state index is 12.6. The second-order valence-electron chi connectivity index (χ2n) is 5.85. The van der Waals surface area contributed by atoms with E-state index in [9.17, 15) is 14.7 Å². The molecular weight excluding hydrogens is 254 g/mol. The molecule has 0 radical (unpaired) electrons. The van der Waals surface area contributed by atoms with E-state index in [-0.39, 0.29) is 17.0 Å². The molecule has 0 aliphatic rings. The molecule has 1 aromatic carbocycles. The first-order valence-electron chi connectivity index (χ1n) is 6.94. The SMILES string of the molecule is CC(C)CN(CC(C)C)C(=O)c1ccccc1C(=O)O. The average molecular weight is 277 g/mol. The largest absolute Gasteiger partial charge is 0.478 e. The number of benzene rings is 1. The van der Waals surface area contributed by atoms with Gasteiger partial charge < -0.3 is 10.0 Å². The van der Waals surface area contributed by atoms with Crippen LogP contribution in [-0.4, -0.2) is 35.0 Å². The van der Waals surface area contributed by atoms with Crippen molar-refractivity contribution in [1.82, 2.24) is 4.90 Å². The molecule has 4 nitrogen and oxygen atoms in total. The highest BCUT2D eigenvalue weighted by Gasteiger charge is 2.22. The summed E-state index contributed by atoms with van der Waals surface area (Å²) in [4.78, 5) is 25.6. The molecule has 0 bridgehead atoms. The van der Waals surface area contributed by atoms with Gasteiger partial charge in [0.15, 0.2) is 0 Å². The molecule has 1 N–H and O–H groups in total. The molecule has 1 rings (SSSR count). The standard InChI is InChI=1S/C16H23NO3/c1-11(2)9-17(10-12(3)4)15(18)13-7-5-6-8-14(13)16(19)20/h5-8,11-12H,9-10H2,1-4H3,(H,19,20). The lowest BCUT2D eigenvalue weighted by molar-refractivity contribution is 0.0663. The normalized spacial score (nSPS) is 10.9. The molecular formula is C16H23NO3. The highest BCUT2D eigenvalue weighted by atomic mass is 16.4. The van der Waals surface area contributed by atoms with E-state index in [1.165, 1.54) is 6.07 Å². The van der Waals surface area contributed by atoms with Crippen LogP contribution in [0.1, 0.15) is 48.4 Å². The zero-order valence-corrected chi connectivity index (χ0v) is 12.6. The van der Waals surface area contributed by atoms with Crippen molar-refractivity contribution in [3.05, 3.63) is 35.4 Å².